The van der Waals surface area contributed by atoms with Gasteiger partial charge in [0.2, 0.25) is 5.89 Å². The van der Waals surface area contributed by atoms with Crippen molar-refractivity contribution in [1.29, 1.82) is 5.26 Å². The number of fused-ring (bicyclic) bond motifs is 1. The third-order valence-electron chi connectivity index (χ3n) is 3.73. The summed E-state index contributed by atoms with van der Waals surface area (Å²) in [5, 5.41) is 18.4. The van der Waals surface area contributed by atoms with Gasteiger partial charge < -0.3 is 14.4 Å². The second kappa shape index (κ2) is 6.99. The molecule has 0 atom stereocenters. The molecule has 5 nitrogen and oxygen atoms in total. The van der Waals surface area contributed by atoms with Crippen molar-refractivity contribution in [2.45, 2.75) is 0 Å². The number of aliphatic hydroxyl groups excluding tert-OH is 1. The maximum absolute atomic E-state index is 9.42. The predicted molar refractivity (Wildman–Crippen MR) is 94.3 cm³/mol. The smallest absolute Gasteiger partial charge is 0.238 e. The number of para-hydroxylation sites is 2. The number of likely N-dealkylation sites (N-methyl/N-ethyl adjacent to an activating group) is 1. The zero-order chi connectivity index (χ0) is 16.9. The summed E-state index contributed by atoms with van der Waals surface area (Å²) in [6.07, 6.45) is 1.75. The molecule has 5 heteroatoms. The molecule has 24 heavy (non-hydrogen) atoms. The van der Waals surface area contributed by atoms with Crippen LogP contribution in [-0.4, -0.2) is 30.3 Å². The largest absolute Gasteiger partial charge is 0.435 e. The number of benzene rings is 2. The summed E-state index contributed by atoms with van der Waals surface area (Å²) in [7, 11) is 1.92. The van der Waals surface area contributed by atoms with E-state index in [1.807, 2.05) is 60.5 Å². The quantitative estimate of drug-likeness (QED) is 0.730. The van der Waals surface area contributed by atoms with Crippen LogP contribution in [0.3, 0.4) is 0 Å². The first-order valence-corrected chi connectivity index (χ1v) is 7.61. The molecular formula is C19H17N3O2. The molecule has 2 aromatic carbocycles. The van der Waals surface area contributed by atoms with Crippen molar-refractivity contribution >= 4 is 28.4 Å². The van der Waals surface area contributed by atoms with Crippen molar-refractivity contribution in [3.63, 3.8) is 0 Å². The van der Waals surface area contributed by atoms with Gasteiger partial charge in [0, 0.05) is 19.3 Å². The van der Waals surface area contributed by atoms with Crippen LogP contribution in [0.15, 0.2) is 52.9 Å². The first-order chi connectivity index (χ1) is 11.7. The molecule has 0 aliphatic rings. The molecule has 120 valence electrons. The molecule has 3 rings (SSSR count). The van der Waals surface area contributed by atoms with Crippen molar-refractivity contribution in [2.75, 3.05) is 25.1 Å². The molecular weight excluding hydrogens is 302 g/mol. The van der Waals surface area contributed by atoms with E-state index in [9.17, 15) is 5.26 Å². The zero-order valence-corrected chi connectivity index (χ0v) is 13.3. The molecule has 0 bridgehead atoms. The third-order valence-corrected chi connectivity index (χ3v) is 3.73. The Morgan fingerprint density at radius 3 is 2.67 bits per heavy atom. The van der Waals surface area contributed by atoms with Crippen LogP contribution in [0.25, 0.3) is 22.7 Å². The Balaban J connectivity index is 1.89. The van der Waals surface area contributed by atoms with Crippen LogP contribution in [0.2, 0.25) is 0 Å². The number of nitriles is 1. The maximum Gasteiger partial charge on any atom is 0.238 e. The fourth-order valence-electron chi connectivity index (χ4n) is 2.40. The molecule has 0 radical (unpaired) electrons. The molecule has 0 saturated heterocycles. The maximum atomic E-state index is 9.42. The molecule has 0 amide bonds. The predicted octanol–water partition coefficient (Wildman–Crippen LogP) is 3.32. The van der Waals surface area contributed by atoms with E-state index in [0.717, 1.165) is 16.8 Å². The Kier molecular flexibility index (Phi) is 4.59. The van der Waals surface area contributed by atoms with Gasteiger partial charge in [0.15, 0.2) is 5.58 Å². The summed E-state index contributed by atoms with van der Waals surface area (Å²) in [6, 6.07) is 17.3. The Morgan fingerprint density at radius 1 is 1.25 bits per heavy atom. The molecule has 0 aliphatic carbocycles. The van der Waals surface area contributed by atoms with Crippen LogP contribution in [0, 0.1) is 11.3 Å². The zero-order valence-electron chi connectivity index (χ0n) is 13.3. The van der Waals surface area contributed by atoms with Crippen molar-refractivity contribution in [2.24, 2.45) is 0 Å². The van der Waals surface area contributed by atoms with Gasteiger partial charge in [0.05, 0.1) is 6.61 Å². The Labute approximate surface area is 140 Å². The van der Waals surface area contributed by atoms with E-state index in [1.54, 1.807) is 6.08 Å². The highest BCUT2D eigenvalue weighted by Gasteiger charge is 2.10. The lowest BCUT2D eigenvalue weighted by Crippen LogP contribution is -2.20. The highest BCUT2D eigenvalue weighted by molar-refractivity contribution is 5.88. The van der Waals surface area contributed by atoms with Crippen LogP contribution in [0.4, 0.5) is 5.69 Å². The lowest BCUT2D eigenvalue weighted by Gasteiger charge is -2.17. The molecule has 1 aromatic heterocycles. The fourth-order valence-corrected chi connectivity index (χ4v) is 2.40. The summed E-state index contributed by atoms with van der Waals surface area (Å²) in [4.78, 5) is 6.31. The van der Waals surface area contributed by atoms with E-state index in [2.05, 4.69) is 11.1 Å². The number of hydrogen-bond donors (Lipinski definition) is 1. The van der Waals surface area contributed by atoms with E-state index in [4.69, 9.17) is 9.52 Å². The molecule has 0 spiro atoms. The van der Waals surface area contributed by atoms with Crippen LogP contribution < -0.4 is 4.90 Å². The molecule has 1 N–H and O–H groups in total. The molecule has 0 saturated carbocycles. The summed E-state index contributed by atoms with van der Waals surface area (Å²) < 4.78 is 5.65. The van der Waals surface area contributed by atoms with E-state index in [0.29, 0.717) is 23.6 Å². The monoisotopic (exact) mass is 319 g/mol. The minimum atomic E-state index is 0.106. The number of oxazole rings is 1. The molecule has 1 heterocycles. The standard InChI is InChI=1S/C19H17N3O2/c1-22(10-11-23)16-8-6-14(7-9-16)12-15(13-20)19-21-17-4-2-3-5-18(17)24-19/h2-9,12,23H,10-11H2,1H3/b15-12+. The van der Waals surface area contributed by atoms with Crippen LogP contribution in [0.5, 0.6) is 0 Å². The molecule has 0 unspecified atom stereocenters. The Morgan fingerprint density at radius 2 is 2.00 bits per heavy atom. The van der Waals surface area contributed by atoms with E-state index in [-0.39, 0.29) is 6.61 Å². The average molecular weight is 319 g/mol. The lowest BCUT2D eigenvalue weighted by molar-refractivity contribution is 0.304. The Bertz CT molecular complexity index is 871. The van der Waals surface area contributed by atoms with Gasteiger partial charge in [0.1, 0.15) is 17.2 Å². The van der Waals surface area contributed by atoms with Gasteiger partial charge in [-0.1, -0.05) is 24.3 Å². The van der Waals surface area contributed by atoms with Crippen LogP contribution >= 0.6 is 0 Å². The second-order valence-corrected chi connectivity index (χ2v) is 5.39. The fraction of sp³-hybridized carbons (Fsp3) is 0.158. The van der Waals surface area contributed by atoms with Gasteiger partial charge in [-0.2, -0.15) is 5.26 Å². The van der Waals surface area contributed by atoms with Crippen molar-refractivity contribution in [3.05, 3.63) is 60.0 Å². The van der Waals surface area contributed by atoms with Gasteiger partial charge in [-0.05, 0) is 35.9 Å². The third kappa shape index (κ3) is 3.29. The van der Waals surface area contributed by atoms with E-state index < -0.39 is 0 Å². The molecule has 0 fully saturated rings. The highest BCUT2D eigenvalue weighted by atomic mass is 16.3. The van der Waals surface area contributed by atoms with Gasteiger partial charge in [-0.15, -0.1) is 0 Å². The number of aromatic nitrogens is 1. The number of rotatable bonds is 5. The van der Waals surface area contributed by atoms with Gasteiger partial charge in [0.25, 0.3) is 0 Å². The van der Waals surface area contributed by atoms with E-state index in [1.165, 1.54) is 0 Å². The van der Waals surface area contributed by atoms with Crippen molar-refractivity contribution < 1.29 is 9.52 Å². The first kappa shape index (κ1) is 15.8. The lowest BCUT2D eigenvalue weighted by atomic mass is 10.1. The summed E-state index contributed by atoms with van der Waals surface area (Å²) in [5.41, 5.74) is 3.66. The van der Waals surface area contributed by atoms with E-state index >= 15 is 0 Å². The Hall–Kier alpha value is -3.10. The summed E-state index contributed by atoms with van der Waals surface area (Å²) >= 11 is 0. The topological polar surface area (TPSA) is 73.3 Å². The SMILES string of the molecule is CN(CCO)c1ccc(/C=C(\C#N)c2nc3ccccc3o2)cc1. The van der Waals surface area contributed by atoms with Crippen molar-refractivity contribution in [1.82, 2.24) is 4.98 Å². The number of nitrogens with zero attached hydrogens (tertiary/aromatic N) is 3. The van der Waals surface area contributed by atoms with Crippen molar-refractivity contribution in [3.8, 4) is 6.07 Å². The van der Waals surface area contributed by atoms with Gasteiger partial charge in [-0.3, -0.25) is 0 Å². The van der Waals surface area contributed by atoms with Crippen LogP contribution in [-0.2, 0) is 0 Å². The summed E-state index contributed by atoms with van der Waals surface area (Å²) in [5.74, 6) is 0.320. The average Bonchev–Trinajstić information content (AvgIpc) is 3.04. The number of allylic oxidation sites excluding steroid dienone is 1. The minimum absolute atomic E-state index is 0.106. The minimum Gasteiger partial charge on any atom is -0.435 e. The normalized spacial score (nSPS) is 11.5. The van der Waals surface area contributed by atoms with Gasteiger partial charge >= 0.3 is 0 Å². The second-order valence-electron chi connectivity index (χ2n) is 5.39. The summed E-state index contributed by atoms with van der Waals surface area (Å²) in [6.45, 7) is 0.677. The van der Waals surface area contributed by atoms with Gasteiger partial charge in [-0.25, -0.2) is 4.98 Å². The molecule has 0 aliphatic heterocycles. The molecule has 3 aromatic rings. The number of aliphatic hydroxyl groups is 1. The number of hydrogen-bond acceptors (Lipinski definition) is 5. The first-order valence-electron chi connectivity index (χ1n) is 7.61. The van der Waals surface area contributed by atoms with Crippen LogP contribution in [0.1, 0.15) is 11.5 Å². The highest BCUT2D eigenvalue weighted by Crippen LogP contribution is 2.23. The number of anilines is 1.